The van der Waals surface area contributed by atoms with Gasteiger partial charge in [0.25, 0.3) is 5.91 Å². The van der Waals surface area contributed by atoms with Crippen molar-refractivity contribution in [3.8, 4) is 0 Å². The zero-order chi connectivity index (χ0) is 14.3. The number of amides is 1. The van der Waals surface area contributed by atoms with E-state index >= 15 is 0 Å². The Morgan fingerprint density at radius 2 is 2.05 bits per heavy atom. The van der Waals surface area contributed by atoms with Crippen LogP contribution in [-0.4, -0.2) is 18.5 Å². The van der Waals surface area contributed by atoms with Crippen LogP contribution >= 0.6 is 0 Å². The standard InChI is InChI=1S/C16H26N2O/c1-5-7-8-13(4)18-16(19)15-10-9-14(17-6-2)11-12(15)3/h9-11,13,17H,5-8H2,1-4H3,(H,18,19). The van der Waals surface area contributed by atoms with Crippen LogP contribution in [0.4, 0.5) is 5.69 Å². The maximum atomic E-state index is 12.2. The van der Waals surface area contributed by atoms with Crippen LogP contribution in [-0.2, 0) is 0 Å². The average Bonchev–Trinajstić information content (AvgIpc) is 2.36. The van der Waals surface area contributed by atoms with Gasteiger partial charge in [-0.2, -0.15) is 0 Å². The van der Waals surface area contributed by atoms with Gasteiger partial charge in [-0.1, -0.05) is 19.8 Å². The average molecular weight is 262 g/mol. The Bertz CT molecular complexity index is 415. The van der Waals surface area contributed by atoms with Crippen LogP contribution in [0, 0.1) is 6.92 Å². The SMILES string of the molecule is CCCCC(C)NC(=O)c1ccc(NCC)cc1C. The third kappa shape index (κ3) is 4.93. The van der Waals surface area contributed by atoms with E-state index < -0.39 is 0 Å². The first-order valence-electron chi connectivity index (χ1n) is 7.23. The molecule has 0 aliphatic heterocycles. The molecule has 0 bridgehead atoms. The minimum atomic E-state index is 0.0316. The topological polar surface area (TPSA) is 41.1 Å². The predicted octanol–water partition coefficient (Wildman–Crippen LogP) is 3.74. The number of carbonyl (C=O) groups is 1. The second-order valence-electron chi connectivity index (χ2n) is 5.08. The normalized spacial score (nSPS) is 12.0. The van der Waals surface area contributed by atoms with E-state index in [4.69, 9.17) is 0 Å². The van der Waals surface area contributed by atoms with Crippen LogP contribution < -0.4 is 10.6 Å². The summed E-state index contributed by atoms with van der Waals surface area (Å²) in [5.41, 5.74) is 2.85. The van der Waals surface area contributed by atoms with Crippen molar-refractivity contribution in [2.75, 3.05) is 11.9 Å². The van der Waals surface area contributed by atoms with E-state index in [1.54, 1.807) is 0 Å². The summed E-state index contributed by atoms with van der Waals surface area (Å²) in [6.45, 7) is 9.16. The van der Waals surface area contributed by atoms with Crippen LogP contribution in [0.5, 0.6) is 0 Å². The van der Waals surface area contributed by atoms with Crippen molar-refractivity contribution in [2.24, 2.45) is 0 Å². The van der Waals surface area contributed by atoms with Gasteiger partial charge in [-0.15, -0.1) is 0 Å². The molecule has 1 atom stereocenters. The van der Waals surface area contributed by atoms with Crippen molar-refractivity contribution in [3.63, 3.8) is 0 Å². The highest BCUT2D eigenvalue weighted by Gasteiger charge is 2.12. The molecule has 1 amide bonds. The smallest absolute Gasteiger partial charge is 0.251 e. The van der Waals surface area contributed by atoms with E-state index in [0.29, 0.717) is 0 Å². The molecule has 3 heteroatoms. The fourth-order valence-corrected chi connectivity index (χ4v) is 2.12. The maximum Gasteiger partial charge on any atom is 0.251 e. The molecule has 3 nitrogen and oxygen atoms in total. The van der Waals surface area contributed by atoms with Gasteiger partial charge in [-0.3, -0.25) is 4.79 Å². The molecule has 0 aliphatic carbocycles. The lowest BCUT2D eigenvalue weighted by Crippen LogP contribution is -2.32. The Morgan fingerprint density at radius 3 is 2.63 bits per heavy atom. The van der Waals surface area contributed by atoms with Gasteiger partial charge < -0.3 is 10.6 Å². The van der Waals surface area contributed by atoms with E-state index in [1.165, 1.54) is 0 Å². The maximum absolute atomic E-state index is 12.2. The minimum absolute atomic E-state index is 0.0316. The fraction of sp³-hybridized carbons (Fsp3) is 0.562. The lowest BCUT2D eigenvalue weighted by molar-refractivity contribution is 0.0937. The van der Waals surface area contributed by atoms with Crippen molar-refractivity contribution < 1.29 is 4.79 Å². The number of aryl methyl sites for hydroxylation is 1. The van der Waals surface area contributed by atoms with E-state index in [2.05, 4.69) is 31.4 Å². The third-order valence-corrected chi connectivity index (χ3v) is 3.22. The summed E-state index contributed by atoms with van der Waals surface area (Å²) in [5, 5.41) is 6.32. The molecular weight excluding hydrogens is 236 g/mol. The minimum Gasteiger partial charge on any atom is -0.385 e. The van der Waals surface area contributed by atoms with Gasteiger partial charge in [0.05, 0.1) is 0 Å². The Balaban J connectivity index is 2.66. The van der Waals surface area contributed by atoms with Crippen molar-refractivity contribution in [1.29, 1.82) is 0 Å². The van der Waals surface area contributed by atoms with Crippen molar-refractivity contribution in [2.45, 2.75) is 53.0 Å². The van der Waals surface area contributed by atoms with Gasteiger partial charge in [0, 0.05) is 23.8 Å². The number of anilines is 1. The molecule has 1 unspecified atom stereocenters. The molecule has 0 saturated heterocycles. The molecule has 2 N–H and O–H groups in total. The molecule has 19 heavy (non-hydrogen) atoms. The molecule has 1 rings (SSSR count). The van der Waals surface area contributed by atoms with Gasteiger partial charge in [-0.25, -0.2) is 0 Å². The van der Waals surface area contributed by atoms with Crippen LogP contribution in [0.1, 0.15) is 56.0 Å². The number of nitrogens with one attached hydrogen (secondary N) is 2. The summed E-state index contributed by atoms with van der Waals surface area (Å²) in [5.74, 6) is 0.0316. The van der Waals surface area contributed by atoms with Crippen molar-refractivity contribution >= 4 is 11.6 Å². The lowest BCUT2D eigenvalue weighted by Gasteiger charge is -2.15. The molecule has 0 aromatic heterocycles. The number of hydrogen-bond donors (Lipinski definition) is 2. The molecular formula is C16H26N2O. The highest BCUT2D eigenvalue weighted by Crippen LogP contribution is 2.15. The molecule has 0 saturated carbocycles. The van der Waals surface area contributed by atoms with Gasteiger partial charge in [0.1, 0.15) is 0 Å². The Morgan fingerprint density at radius 1 is 1.32 bits per heavy atom. The second kappa shape index (κ2) is 7.82. The molecule has 0 fully saturated rings. The van der Waals surface area contributed by atoms with Crippen LogP contribution in [0.3, 0.4) is 0 Å². The molecule has 0 spiro atoms. The molecule has 0 radical (unpaired) electrons. The number of unbranched alkanes of at least 4 members (excludes halogenated alkanes) is 1. The highest BCUT2D eigenvalue weighted by atomic mass is 16.1. The Hall–Kier alpha value is -1.51. The summed E-state index contributed by atoms with van der Waals surface area (Å²) in [6, 6.07) is 6.12. The molecule has 1 aromatic carbocycles. The number of benzene rings is 1. The van der Waals surface area contributed by atoms with Crippen LogP contribution in [0.25, 0.3) is 0 Å². The summed E-state index contributed by atoms with van der Waals surface area (Å²) in [6.07, 6.45) is 3.35. The molecule has 1 aromatic rings. The van der Waals surface area contributed by atoms with E-state index in [1.807, 2.05) is 25.1 Å². The molecule has 106 valence electrons. The van der Waals surface area contributed by atoms with Crippen LogP contribution in [0.2, 0.25) is 0 Å². The predicted molar refractivity (Wildman–Crippen MR) is 81.8 cm³/mol. The summed E-state index contributed by atoms with van der Waals surface area (Å²) in [4.78, 5) is 12.2. The van der Waals surface area contributed by atoms with E-state index in [-0.39, 0.29) is 11.9 Å². The van der Waals surface area contributed by atoms with Crippen molar-refractivity contribution in [3.05, 3.63) is 29.3 Å². The first kappa shape index (κ1) is 15.5. The zero-order valence-corrected chi connectivity index (χ0v) is 12.5. The lowest BCUT2D eigenvalue weighted by atomic mass is 10.1. The molecule has 0 aliphatic rings. The summed E-state index contributed by atoms with van der Waals surface area (Å²) < 4.78 is 0. The zero-order valence-electron chi connectivity index (χ0n) is 12.5. The van der Waals surface area contributed by atoms with E-state index in [0.717, 1.165) is 42.6 Å². The summed E-state index contributed by atoms with van der Waals surface area (Å²) >= 11 is 0. The largest absolute Gasteiger partial charge is 0.385 e. The van der Waals surface area contributed by atoms with Gasteiger partial charge in [0.2, 0.25) is 0 Å². The Kier molecular flexibility index (Phi) is 6.40. The number of hydrogen-bond acceptors (Lipinski definition) is 2. The van der Waals surface area contributed by atoms with Crippen LogP contribution in [0.15, 0.2) is 18.2 Å². The number of rotatable bonds is 7. The quantitative estimate of drug-likeness (QED) is 0.786. The van der Waals surface area contributed by atoms with Gasteiger partial charge >= 0.3 is 0 Å². The Labute approximate surface area is 116 Å². The van der Waals surface area contributed by atoms with Crippen molar-refractivity contribution in [1.82, 2.24) is 5.32 Å². The first-order valence-corrected chi connectivity index (χ1v) is 7.23. The first-order chi connectivity index (χ1) is 9.08. The monoisotopic (exact) mass is 262 g/mol. The van der Waals surface area contributed by atoms with Gasteiger partial charge in [0.15, 0.2) is 0 Å². The van der Waals surface area contributed by atoms with Gasteiger partial charge in [-0.05, 0) is 51.0 Å². The number of carbonyl (C=O) groups excluding carboxylic acids is 1. The summed E-state index contributed by atoms with van der Waals surface area (Å²) in [7, 11) is 0. The second-order valence-corrected chi connectivity index (χ2v) is 5.08. The molecule has 0 heterocycles. The van der Waals surface area contributed by atoms with E-state index in [9.17, 15) is 4.79 Å². The fourth-order valence-electron chi connectivity index (χ4n) is 2.12. The third-order valence-electron chi connectivity index (χ3n) is 3.22. The highest BCUT2D eigenvalue weighted by molar-refractivity contribution is 5.96.